The molecule has 104 valence electrons. The van der Waals surface area contributed by atoms with E-state index in [2.05, 4.69) is 15.9 Å². The fraction of sp³-hybridized carbons (Fsp3) is 0.0769. The van der Waals surface area contributed by atoms with E-state index >= 15 is 0 Å². The molecule has 0 atom stereocenters. The molecule has 0 unspecified atom stereocenters. The molecule has 0 saturated heterocycles. The third kappa shape index (κ3) is 3.62. The zero-order chi connectivity index (χ0) is 14.7. The van der Waals surface area contributed by atoms with Crippen molar-refractivity contribution in [3.63, 3.8) is 0 Å². The summed E-state index contributed by atoms with van der Waals surface area (Å²) in [7, 11) is 0. The van der Waals surface area contributed by atoms with Crippen molar-refractivity contribution in [3.8, 4) is 11.5 Å². The molecule has 7 heteroatoms. The Labute approximate surface area is 133 Å². The number of benzene rings is 2. The Morgan fingerprint density at radius 3 is 2.55 bits per heavy atom. The minimum atomic E-state index is -0.485. The predicted octanol–water partition coefficient (Wildman–Crippen LogP) is 5.54. The molecule has 0 saturated carbocycles. The third-order valence-corrected chi connectivity index (χ3v) is 3.57. The third-order valence-electron chi connectivity index (χ3n) is 2.47. The lowest BCUT2D eigenvalue weighted by Gasteiger charge is -2.08. The van der Waals surface area contributed by atoms with Crippen LogP contribution in [0.2, 0.25) is 5.02 Å². The van der Waals surface area contributed by atoms with Gasteiger partial charge in [0, 0.05) is 21.4 Å². The van der Waals surface area contributed by atoms with Crippen molar-refractivity contribution in [2.24, 2.45) is 0 Å². The monoisotopic (exact) mass is 375 g/mol. The van der Waals surface area contributed by atoms with Gasteiger partial charge in [0.1, 0.15) is 11.5 Å². The van der Waals surface area contributed by atoms with E-state index in [4.69, 9.17) is 27.9 Å². The van der Waals surface area contributed by atoms with Gasteiger partial charge in [-0.2, -0.15) is 0 Å². The van der Waals surface area contributed by atoms with Crippen molar-refractivity contribution in [2.45, 2.75) is 5.88 Å². The summed E-state index contributed by atoms with van der Waals surface area (Å²) in [5.41, 5.74) is 0.735. The van der Waals surface area contributed by atoms with Gasteiger partial charge in [0.15, 0.2) is 0 Å². The highest BCUT2D eigenvalue weighted by Crippen LogP contribution is 2.31. The molecule has 0 aromatic heterocycles. The molecule has 0 aliphatic carbocycles. The standard InChI is InChI=1S/C13H8BrCl2NO3/c14-9-3-10(17(18)19)5-12(4-9)20-11-2-1-8(7-15)13(16)6-11/h1-6H,7H2. The van der Waals surface area contributed by atoms with E-state index in [-0.39, 0.29) is 5.69 Å². The second kappa shape index (κ2) is 6.43. The van der Waals surface area contributed by atoms with Crippen LogP contribution >= 0.6 is 39.1 Å². The number of hydrogen-bond donors (Lipinski definition) is 0. The number of alkyl halides is 1. The topological polar surface area (TPSA) is 52.4 Å². The first kappa shape index (κ1) is 15.1. The lowest BCUT2D eigenvalue weighted by molar-refractivity contribution is -0.385. The summed E-state index contributed by atoms with van der Waals surface area (Å²) in [5, 5.41) is 11.3. The first-order valence-corrected chi connectivity index (χ1v) is 7.17. The number of nitrogens with zero attached hydrogens (tertiary/aromatic N) is 1. The van der Waals surface area contributed by atoms with Crippen LogP contribution in [0.25, 0.3) is 0 Å². The predicted molar refractivity (Wildman–Crippen MR) is 81.9 cm³/mol. The van der Waals surface area contributed by atoms with Gasteiger partial charge in [-0.1, -0.05) is 33.6 Å². The maximum atomic E-state index is 10.8. The summed E-state index contributed by atoms with van der Waals surface area (Å²) in [6.07, 6.45) is 0. The Morgan fingerprint density at radius 2 is 1.95 bits per heavy atom. The fourth-order valence-corrected chi connectivity index (χ4v) is 2.55. The van der Waals surface area contributed by atoms with Gasteiger partial charge in [-0.05, 0) is 23.8 Å². The second-order valence-electron chi connectivity index (χ2n) is 3.89. The fourth-order valence-electron chi connectivity index (χ4n) is 1.55. The van der Waals surface area contributed by atoms with Crippen LogP contribution in [0.4, 0.5) is 5.69 Å². The van der Waals surface area contributed by atoms with Gasteiger partial charge in [0.05, 0.1) is 11.0 Å². The molecule has 0 N–H and O–H groups in total. The Balaban J connectivity index is 2.30. The van der Waals surface area contributed by atoms with Gasteiger partial charge in [-0.3, -0.25) is 10.1 Å². The summed E-state index contributed by atoms with van der Waals surface area (Å²) in [6, 6.07) is 9.44. The normalized spacial score (nSPS) is 10.3. The van der Waals surface area contributed by atoms with Crippen molar-refractivity contribution in [1.29, 1.82) is 0 Å². The van der Waals surface area contributed by atoms with E-state index in [1.807, 2.05) is 0 Å². The SMILES string of the molecule is O=[N+]([O-])c1cc(Br)cc(Oc2ccc(CCl)c(Cl)c2)c1. The molecule has 20 heavy (non-hydrogen) atoms. The second-order valence-corrected chi connectivity index (χ2v) is 5.48. The molecule has 2 aromatic rings. The quantitative estimate of drug-likeness (QED) is 0.399. The van der Waals surface area contributed by atoms with E-state index in [9.17, 15) is 10.1 Å². The molecule has 0 spiro atoms. The van der Waals surface area contributed by atoms with Gasteiger partial charge in [-0.15, -0.1) is 11.6 Å². The van der Waals surface area contributed by atoms with E-state index < -0.39 is 4.92 Å². The van der Waals surface area contributed by atoms with E-state index in [0.717, 1.165) is 5.56 Å². The lowest BCUT2D eigenvalue weighted by Crippen LogP contribution is -1.91. The number of hydrogen-bond acceptors (Lipinski definition) is 3. The zero-order valence-corrected chi connectivity index (χ0v) is 13.1. The van der Waals surface area contributed by atoms with Gasteiger partial charge < -0.3 is 4.74 Å². The van der Waals surface area contributed by atoms with Gasteiger partial charge in [0.2, 0.25) is 0 Å². The van der Waals surface area contributed by atoms with Crippen LogP contribution in [0.3, 0.4) is 0 Å². The van der Waals surface area contributed by atoms with E-state index in [1.54, 1.807) is 24.3 Å². The number of ether oxygens (including phenoxy) is 1. The summed E-state index contributed by atoms with van der Waals surface area (Å²) >= 11 is 14.9. The largest absolute Gasteiger partial charge is 0.457 e. The van der Waals surface area contributed by atoms with Crippen LogP contribution in [0.5, 0.6) is 11.5 Å². The Kier molecular flexibility index (Phi) is 4.86. The van der Waals surface area contributed by atoms with E-state index in [0.29, 0.717) is 26.9 Å². The first-order valence-electron chi connectivity index (χ1n) is 5.47. The van der Waals surface area contributed by atoms with Crippen molar-refractivity contribution < 1.29 is 9.66 Å². The highest BCUT2D eigenvalue weighted by molar-refractivity contribution is 9.10. The highest BCUT2D eigenvalue weighted by atomic mass is 79.9. The minimum Gasteiger partial charge on any atom is -0.457 e. The van der Waals surface area contributed by atoms with Crippen LogP contribution in [-0.4, -0.2) is 4.92 Å². The highest BCUT2D eigenvalue weighted by Gasteiger charge is 2.10. The molecular formula is C13H8BrCl2NO3. The van der Waals surface area contributed by atoms with Gasteiger partial charge in [-0.25, -0.2) is 0 Å². The summed E-state index contributed by atoms with van der Waals surface area (Å²) in [5.74, 6) is 1.14. The zero-order valence-electron chi connectivity index (χ0n) is 9.98. The summed E-state index contributed by atoms with van der Waals surface area (Å²) < 4.78 is 6.13. The lowest BCUT2D eigenvalue weighted by atomic mass is 10.2. The van der Waals surface area contributed by atoms with Crippen molar-refractivity contribution in [3.05, 3.63) is 61.6 Å². The first-order chi connectivity index (χ1) is 9.49. The van der Waals surface area contributed by atoms with Crippen LogP contribution in [0.15, 0.2) is 40.9 Å². The number of halogens is 3. The Hall–Kier alpha value is -1.30. The number of nitro benzene ring substituents is 1. The van der Waals surface area contributed by atoms with Crippen LogP contribution < -0.4 is 4.74 Å². The van der Waals surface area contributed by atoms with Crippen LogP contribution in [0, 0.1) is 10.1 Å². The van der Waals surface area contributed by atoms with Crippen molar-refractivity contribution in [2.75, 3.05) is 0 Å². The molecule has 2 aromatic carbocycles. The number of non-ortho nitro benzene ring substituents is 1. The molecule has 0 bridgehead atoms. The van der Waals surface area contributed by atoms with Crippen LogP contribution in [0.1, 0.15) is 5.56 Å². The molecular weight excluding hydrogens is 369 g/mol. The number of rotatable bonds is 4. The molecule has 4 nitrogen and oxygen atoms in total. The maximum absolute atomic E-state index is 10.8. The average molecular weight is 377 g/mol. The summed E-state index contributed by atoms with van der Waals surface area (Å²) in [4.78, 5) is 10.3. The minimum absolute atomic E-state index is 0.0575. The molecule has 0 fully saturated rings. The summed E-state index contributed by atoms with van der Waals surface area (Å²) in [6.45, 7) is 0. The van der Waals surface area contributed by atoms with Crippen molar-refractivity contribution >= 4 is 44.8 Å². The maximum Gasteiger partial charge on any atom is 0.274 e. The Morgan fingerprint density at radius 1 is 1.20 bits per heavy atom. The smallest absolute Gasteiger partial charge is 0.274 e. The number of nitro groups is 1. The molecule has 0 aliphatic heterocycles. The van der Waals surface area contributed by atoms with Gasteiger partial charge >= 0.3 is 0 Å². The van der Waals surface area contributed by atoms with Crippen molar-refractivity contribution in [1.82, 2.24) is 0 Å². The molecule has 0 heterocycles. The van der Waals surface area contributed by atoms with Gasteiger partial charge in [0.25, 0.3) is 5.69 Å². The van der Waals surface area contributed by atoms with Crippen LogP contribution in [-0.2, 0) is 5.88 Å². The molecule has 0 aliphatic rings. The molecule has 2 rings (SSSR count). The molecule has 0 radical (unpaired) electrons. The van der Waals surface area contributed by atoms with E-state index in [1.165, 1.54) is 12.1 Å². The average Bonchev–Trinajstić information content (AvgIpc) is 2.38. The molecule has 0 amide bonds. The Bertz CT molecular complexity index is 664.